The molecule has 1 amide bonds. The van der Waals surface area contributed by atoms with Gasteiger partial charge in [0, 0.05) is 36.5 Å². The molecule has 4 rings (SSSR count). The number of aromatic nitrogens is 3. The summed E-state index contributed by atoms with van der Waals surface area (Å²) in [6, 6.07) is 18.6. The van der Waals surface area contributed by atoms with Crippen molar-refractivity contribution in [3.63, 3.8) is 0 Å². The largest absolute Gasteiger partial charge is 0.439 e. The van der Waals surface area contributed by atoms with E-state index < -0.39 is 51.3 Å². The minimum Gasteiger partial charge on any atom is -0.439 e. The third-order valence-corrected chi connectivity index (χ3v) is 8.87. The normalized spacial score (nSPS) is 12.0. The summed E-state index contributed by atoms with van der Waals surface area (Å²) >= 11 is 6.05. The van der Waals surface area contributed by atoms with Crippen LogP contribution >= 0.6 is 11.6 Å². The van der Waals surface area contributed by atoms with Gasteiger partial charge in [-0.25, -0.2) is 13.2 Å². The van der Waals surface area contributed by atoms with Crippen LogP contribution in [0.25, 0.3) is 0 Å². The van der Waals surface area contributed by atoms with Crippen molar-refractivity contribution in [2.45, 2.75) is 20.0 Å². The van der Waals surface area contributed by atoms with Gasteiger partial charge in [-0.1, -0.05) is 36.7 Å². The number of amides is 1. The first-order valence-electron chi connectivity index (χ1n) is 16.5. The lowest BCUT2D eigenvalue weighted by Gasteiger charge is -2.19. The van der Waals surface area contributed by atoms with Crippen molar-refractivity contribution in [3.8, 4) is 11.6 Å². The van der Waals surface area contributed by atoms with Crippen LogP contribution in [0, 0.1) is 11.9 Å². The average molecular weight is 778 g/mol. The summed E-state index contributed by atoms with van der Waals surface area (Å²) in [6.45, 7) is 2.87. The molecule has 0 aliphatic rings. The Morgan fingerprint density at radius 1 is 0.887 bits per heavy atom. The molecule has 0 spiro atoms. The highest BCUT2D eigenvalue weighted by molar-refractivity contribution is 7.90. The van der Waals surface area contributed by atoms with Crippen molar-refractivity contribution in [3.05, 3.63) is 110 Å². The predicted molar refractivity (Wildman–Crippen MR) is 195 cm³/mol. The van der Waals surface area contributed by atoms with E-state index in [0.29, 0.717) is 48.5 Å². The van der Waals surface area contributed by atoms with Crippen LogP contribution in [0.15, 0.2) is 82.4 Å². The molecule has 2 heterocycles. The first-order valence-corrected chi connectivity index (χ1v) is 18.5. The van der Waals surface area contributed by atoms with E-state index in [0.717, 1.165) is 4.57 Å². The van der Waals surface area contributed by atoms with Crippen molar-refractivity contribution < 1.29 is 41.3 Å². The van der Waals surface area contributed by atoms with Gasteiger partial charge in [-0.3, -0.25) is 23.4 Å². The van der Waals surface area contributed by atoms with E-state index in [4.69, 9.17) is 35.3 Å². The summed E-state index contributed by atoms with van der Waals surface area (Å²) in [5.74, 6) is -2.58. The fourth-order valence-corrected chi connectivity index (χ4v) is 5.72. The molecule has 1 atom stereocenters. The van der Waals surface area contributed by atoms with Crippen molar-refractivity contribution in [1.29, 1.82) is 0 Å². The number of carbonyl (C=O) groups is 1. The molecular formula is C35H41ClFN5O10S. The molecule has 18 heteroatoms. The summed E-state index contributed by atoms with van der Waals surface area (Å²) in [4.78, 5) is 43.7. The van der Waals surface area contributed by atoms with E-state index >= 15 is 0 Å². The van der Waals surface area contributed by atoms with Gasteiger partial charge in [-0.05, 0) is 48.0 Å². The summed E-state index contributed by atoms with van der Waals surface area (Å²) in [6.07, 6.45) is 0. The van der Waals surface area contributed by atoms with Crippen molar-refractivity contribution >= 4 is 39.0 Å². The second-order valence-corrected chi connectivity index (χ2v) is 13.8. The maximum atomic E-state index is 13.8. The maximum absolute atomic E-state index is 13.8. The molecule has 2 aromatic carbocycles. The van der Waals surface area contributed by atoms with Crippen LogP contribution in [0.3, 0.4) is 0 Å². The Balaban J connectivity index is 1.40. The number of methoxy groups -OCH3 is 1. The zero-order valence-electron chi connectivity index (χ0n) is 29.2. The van der Waals surface area contributed by atoms with E-state index in [1.807, 2.05) is 4.72 Å². The van der Waals surface area contributed by atoms with E-state index in [2.05, 4.69) is 10.3 Å². The number of halogens is 2. The number of nitrogens with zero attached hydrogens (tertiary/aromatic N) is 3. The lowest BCUT2D eigenvalue weighted by Crippen LogP contribution is -2.45. The fourth-order valence-electron chi connectivity index (χ4n) is 4.65. The monoisotopic (exact) mass is 777 g/mol. The molecule has 4 aromatic rings. The molecule has 0 aliphatic carbocycles. The third-order valence-electron chi connectivity index (χ3n) is 7.40. The van der Waals surface area contributed by atoms with Gasteiger partial charge in [0.25, 0.3) is 5.56 Å². The third kappa shape index (κ3) is 13.7. The highest BCUT2D eigenvalue weighted by atomic mass is 35.5. The van der Waals surface area contributed by atoms with E-state index in [-0.39, 0.29) is 38.1 Å². The number of rotatable bonds is 22. The Bertz CT molecular complexity index is 2010. The number of pyridine rings is 1. The van der Waals surface area contributed by atoms with Crippen LogP contribution in [-0.2, 0) is 46.9 Å². The van der Waals surface area contributed by atoms with Crippen LogP contribution in [0.1, 0.15) is 12.5 Å². The quantitative estimate of drug-likeness (QED) is 0.0878. The summed E-state index contributed by atoms with van der Waals surface area (Å²) in [5, 5.41) is 3.56. The van der Waals surface area contributed by atoms with Gasteiger partial charge in [-0.2, -0.15) is 9.37 Å². The van der Waals surface area contributed by atoms with Crippen molar-refractivity contribution in [1.82, 2.24) is 18.8 Å². The molecule has 0 fully saturated rings. The van der Waals surface area contributed by atoms with Gasteiger partial charge >= 0.3 is 5.69 Å². The number of anilines is 2. The lowest BCUT2D eigenvalue weighted by atomic mass is 10.1. The number of benzene rings is 2. The van der Waals surface area contributed by atoms with Gasteiger partial charge in [-0.15, -0.1) is 0 Å². The summed E-state index contributed by atoms with van der Waals surface area (Å²) in [7, 11) is -2.51. The van der Waals surface area contributed by atoms with Gasteiger partial charge in [0.15, 0.2) is 0 Å². The standard InChI is InChI=1S/C35H41ClFN5O10S/c1-25(34(44)40-53(46,47)21-20-51-19-18-50-17-16-49-15-14-48-2)23-42-33(43)22-31(41(35(42)45)24-26-6-8-27(36)9-7-26)38-28-10-12-29(13-11-28)52-32-5-3-4-30(37)39-32/h3-13,22,25,38H,14-21,23-24H2,1-2H3,(H,40,44)/t25-/m0/s1. The Hall–Kier alpha value is -4.65. The molecule has 0 radical (unpaired) electrons. The Morgan fingerprint density at radius 3 is 2.17 bits per heavy atom. The second-order valence-electron chi connectivity index (χ2n) is 11.5. The first-order chi connectivity index (χ1) is 25.4. The number of ether oxygens (including phenoxy) is 5. The summed E-state index contributed by atoms with van der Waals surface area (Å²) in [5.41, 5.74) is -0.286. The van der Waals surface area contributed by atoms with Gasteiger partial charge in [0.05, 0.1) is 64.5 Å². The molecule has 2 aromatic heterocycles. The first kappa shape index (κ1) is 41.1. The topological polar surface area (TPSA) is 178 Å². The Morgan fingerprint density at radius 2 is 1.53 bits per heavy atom. The van der Waals surface area contributed by atoms with E-state index in [1.165, 1.54) is 35.8 Å². The molecule has 0 unspecified atom stereocenters. The second kappa shape index (κ2) is 20.6. The zero-order valence-corrected chi connectivity index (χ0v) is 30.7. The SMILES string of the molecule is COCCOCCOCCOCCS(=O)(=O)NC(=O)[C@@H](C)Cn1c(=O)cc(Nc2ccc(Oc3cccc(F)n3)cc2)n(Cc2ccc(Cl)cc2)c1=O. The fraction of sp³-hybridized carbons (Fsp3) is 0.371. The number of hydrogen-bond donors (Lipinski definition) is 2. The van der Waals surface area contributed by atoms with Crippen LogP contribution in [0.4, 0.5) is 15.9 Å². The van der Waals surface area contributed by atoms with Crippen LogP contribution < -0.4 is 26.0 Å². The Labute approximate surface area is 310 Å². The smallest absolute Gasteiger partial charge is 0.332 e. The van der Waals surface area contributed by atoms with Crippen LogP contribution in [0.2, 0.25) is 5.02 Å². The molecule has 0 saturated heterocycles. The molecule has 0 bridgehead atoms. The van der Waals surface area contributed by atoms with Gasteiger partial charge in [0.1, 0.15) is 11.6 Å². The highest BCUT2D eigenvalue weighted by Gasteiger charge is 2.23. The zero-order chi connectivity index (χ0) is 38.2. The highest BCUT2D eigenvalue weighted by Crippen LogP contribution is 2.23. The van der Waals surface area contributed by atoms with E-state index in [9.17, 15) is 27.2 Å². The maximum Gasteiger partial charge on any atom is 0.332 e. The molecule has 0 saturated carbocycles. The number of sulfonamides is 1. The minimum atomic E-state index is -4.08. The van der Waals surface area contributed by atoms with Crippen molar-refractivity contribution in [2.24, 2.45) is 5.92 Å². The van der Waals surface area contributed by atoms with Gasteiger partial charge < -0.3 is 29.0 Å². The molecule has 2 N–H and O–H groups in total. The molecule has 286 valence electrons. The van der Waals surface area contributed by atoms with Crippen molar-refractivity contribution in [2.75, 3.05) is 64.4 Å². The molecule has 53 heavy (non-hydrogen) atoms. The Kier molecular flexibility index (Phi) is 15.9. The number of carbonyl (C=O) groups excluding carboxylic acids is 1. The van der Waals surface area contributed by atoms with Crippen LogP contribution in [-0.4, -0.2) is 87.6 Å². The molecule has 15 nitrogen and oxygen atoms in total. The van der Waals surface area contributed by atoms with Crippen LogP contribution in [0.5, 0.6) is 11.6 Å². The summed E-state index contributed by atoms with van der Waals surface area (Å²) < 4.78 is 69.1. The predicted octanol–water partition coefficient (Wildman–Crippen LogP) is 3.56. The number of hydrogen-bond acceptors (Lipinski definition) is 12. The van der Waals surface area contributed by atoms with Gasteiger partial charge in [0.2, 0.25) is 27.8 Å². The molecule has 0 aliphatic heterocycles. The lowest BCUT2D eigenvalue weighted by molar-refractivity contribution is -0.123. The average Bonchev–Trinajstić information content (AvgIpc) is 3.12. The number of nitrogens with one attached hydrogen (secondary N) is 2. The minimum absolute atomic E-state index is 0.0210. The van der Waals surface area contributed by atoms with E-state index in [1.54, 1.807) is 55.6 Å². The molecular weight excluding hydrogens is 737 g/mol.